The third kappa shape index (κ3) is 4.59. The van der Waals surface area contributed by atoms with E-state index in [1.807, 2.05) is 19.9 Å². The first-order valence-electron chi connectivity index (χ1n) is 8.84. The van der Waals surface area contributed by atoms with Gasteiger partial charge in [-0.15, -0.1) is 0 Å². The van der Waals surface area contributed by atoms with Crippen molar-refractivity contribution < 1.29 is 19.1 Å². The van der Waals surface area contributed by atoms with E-state index >= 15 is 0 Å². The molecule has 4 nitrogen and oxygen atoms in total. The normalized spacial score (nSPS) is 30.3. The topological polar surface area (TPSA) is 52.6 Å². The van der Waals surface area contributed by atoms with Gasteiger partial charge in [-0.3, -0.25) is 4.79 Å². The average Bonchev–Trinajstić information content (AvgIpc) is 2.83. The van der Waals surface area contributed by atoms with Crippen LogP contribution in [0.25, 0.3) is 0 Å². The van der Waals surface area contributed by atoms with Crippen molar-refractivity contribution in [1.29, 1.82) is 0 Å². The van der Waals surface area contributed by atoms with Gasteiger partial charge in [0.05, 0.1) is 5.92 Å². The Labute approximate surface area is 144 Å². The fraction of sp³-hybridized carbons (Fsp3) is 0.600. The summed E-state index contributed by atoms with van der Waals surface area (Å²) >= 11 is 0. The lowest BCUT2D eigenvalue weighted by Crippen LogP contribution is -2.19. The van der Waals surface area contributed by atoms with E-state index in [0.717, 1.165) is 37.7 Å². The van der Waals surface area contributed by atoms with Crippen molar-refractivity contribution in [3.63, 3.8) is 0 Å². The molecule has 1 aliphatic carbocycles. The molecule has 1 heterocycles. The van der Waals surface area contributed by atoms with E-state index in [1.54, 1.807) is 0 Å². The molecule has 1 fully saturated rings. The maximum absolute atomic E-state index is 11.9. The molecule has 2 aliphatic rings. The molecule has 4 heteroatoms. The lowest BCUT2D eigenvalue weighted by Gasteiger charge is -2.19. The molecule has 0 bridgehead atoms. The van der Waals surface area contributed by atoms with Gasteiger partial charge in [-0.25, -0.2) is 4.79 Å². The summed E-state index contributed by atoms with van der Waals surface area (Å²) in [5, 5.41) is 0. The number of carbonyl (C=O) groups excluding carboxylic acids is 2. The summed E-state index contributed by atoms with van der Waals surface area (Å²) in [4.78, 5) is 23.8. The number of carbonyl (C=O) groups is 2. The number of fused-ring (bicyclic) bond motifs is 1. The minimum Gasteiger partial charge on any atom is -0.461 e. The van der Waals surface area contributed by atoms with Crippen LogP contribution in [-0.2, 0) is 19.1 Å². The van der Waals surface area contributed by atoms with Gasteiger partial charge in [0.1, 0.15) is 12.7 Å². The summed E-state index contributed by atoms with van der Waals surface area (Å²) in [6.07, 6.45) is 8.19. The van der Waals surface area contributed by atoms with Crippen LogP contribution in [0.15, 0.2) is 35.5 Å². The minimum absolute atomic E-state index is 0.0132. The highest BCUT2D eigenvalue weighted by Gasteiger charge is 2.37. The first-order chi connectivity index (χ1) is 11.4. The lowest BCUT2D eigenvalue weighted by molar-refractivity contribution is -0.147. The third-order valence-corrected chi connectivity index (χ3v) is 4.97. The van der Waals surface area contributed by atoms with E-state index in [-0.39, 0.29) is 36.5 Å². The van der Waals surface area contributed by atoms with E-state index in [4.69, 9.17) is 9.47 Å². The summed E-state index contributed by atoms with van der Waals surface area (Å²) in [6.45, 7) is 10.1. The average molecular weight is 332 g/mol. The van der Waals surface area contributed by atoms with Crippen molar-refractivity contribution in [3.8, 4) is 0 Å². The molecule has 0 unspecified atom stereocenters. The summed E-state index contributed by atoms with van der Waals surface area (Å²) in [6, 6.07) is 0. The van der Waals surface area contributed by atoms with E-state index in [9.17, 15) is 9.59 Å². The van der Waals surface area contributed by atoms with Gasteiger partial charge in [0.25, 0.3) is 0 Å². The molecule has 1 aliphatic heterocycles. The Morgan fingerprint density at radius 1 is 1.46 bits per heavy atom. The van der Waals surface area contributed by atoms with Crippen LogP contribution in [0, 0.1) is 11.8 Å². The van der Waals surface area contributed by atoms with Crippen LogP contribution in [0.2, 0.25) is 0 Å². The number of hydrogen-bond donors (Lipinski definition) is 0. The van der Waals surface area contributed by atoms with Crippen LogP contribution in [0.1, 0.15) is 52.9 Å². The molecular formula is C20H28O4. The van der Waals surface area contributed by atoms with Crippen molar-refractivity contribution >= 4 is 11.9 Å². The van der Waals surface area contributed by atoms with Crippen molar-refractivity contribution in [3.05, 3.63) is 35.5 Å². The maximum atomic E-state index is 11.9. The Morgan fingerprint density at radius 2 is 2.21 bits per heavy atom. The second-order valence-corrected chi connectivity index (χ2v) is 6.87. The SMILES string of the molecule is C=C1C(=O)O[C@@H]2/C=C(/COC(=O)[C@H](C)CC)CC/C=C(/C)CC[C@@H]12. The quantitative estimate of drug-likeness (QED) is 0.441. The molecule has 0 amide bonds. The van der Waals surface area contributed by atoms with Gasteiger partial charge in [-0.1, -0.05) is 32.1 Å². The zero-order valence-corrected chi connectivity index (χ0v) is 15.0. The van der Waals surface area contributed by atoms with Crippen molar-refractivity contribution in [1.82, 2.24) is 0 Å². The van der Waals surface area contributed by atoms with Gasteiger partial charge in [0.15, 0.2) is 0 Å². The second-order valence-electron chi connectivity index (χ2n) is 6.87. The Balaban J connectivity index is 2.13. The molecule has 0 N–H and O–H groups in total. The molecule has 0 spiro atoms. The van der Waals surface area contributed by atoms with Crippen molar-refractivity contribution in [2.45, 2.75) is 59.0 Å². The van der Waals surface area contributed by atoms with Gasteiger partial charge in [0.2, 0.25) is 0 Å². The summed E-state index contributed by atoms with van der Waals surface area (Å²) in [5.74, 6) is -0.562. The van der Waals surface area contributed by atoms with Crippen LogP contribution >= 0.6 is 0 Å². The van der Waals surface area contributed by atoms with Crippen LogP contribution in [-0.4, -0.2) is 24.6 Å². The van der Waals surface area contributed by atoms with E-state index in [0.29, 0.717) is 5.57 Å². The predicted octanol–water partition coefficient (Wildman–Crippen LogP) is 4.12. The first kappa shape index (κ1) is 18.5. The van der Waals surface area contributed by atoms with Gasteiger partial charge < -0.3 is 9.47 Å². The molecule has 0 aromatic rings. The Hall–Kier alpha value is -1.84. The zero-order chi connectivity index (χ0) is 17.7. The molecule has 24 heavy (non-hydrogen) atoms. The van der Waals surface area contributed by atoms with Gasteiger partial charge in [0, 0.05) is 11.5 Å². The van der Waals surface area contributed by atoms with Crippen molar-refractivity contribution in [2.24, 2.45) is 11.8 Å². The predicted molar refractivity (Wildman–Crippen MR) is 93.2 cm³/mol. The molecule has 0 aromatic heterocycles. The van der Waals surface area contributed by atoms with E-state index in [1.165, 1.54) is 5.57 Å². The van der Waals surface area contributed by atoms with Crippen LogP contribution < -0.4 is 0 Å². The number of hydrogen-bond acceptors (Lipinski definition) is 4. The van der Waals surface area contributed by atoms with Crippen LogP contribution in [0.5, 0.6) is 0 Å². The number of ether oxygens (including phenoxy) is 2. The Morgan fingerprint density at radius 3 is 2.92 bits per heavy atom. The van der Waals surface area contributed by atoms with Crippen LogP contribution in [0.4, 0.5) is 0 Å². The minimum atomic E-state index is -0.307. The Kier molecular flexibility index (Phi) is 6.41. The van der Waals surface area contributed by atoms with Crippen molar-refractivity contribution in [2.75, 3.05) is 6.61 Å². The second kappa shape index (κ2) is 8.32. The molecule has 132 valence electrons. The lowest BCUT2D eigenvalue weighted by atomic mass is 9.88. The van der Waals surface area contributed by atoms with Gasteiger partial charge in [-0.05, 0) is 50.7 Å². The highest BCUT2D eigenvalue weighted by Crippen LogP contribution is 2.34. The maximum Gasteiger partial charge on any atom is 0.334 e. The third-order valence-electron chi connectivity index (χ3n) is 4.97. The fourth-order valence-corrected chi connectivity index (χ4v) is 3.02. The summed E-state index contributed by atoms with van der Waals surface area (Å²) < 4.78 is 10.9. The monoisotopic (exact) mass is 332 g/mol. The molecule has 2 rings (SSSR count). The smallest absolute Gasteiger partial charge is 0.334 e. The molecular weight excluding hydrogens is 304 g/mol. The first-order valence-corrected chi connectivity index (χ1v) is 8.84. The van der Waals surface area contributed by atoms with E-state index in [2.05, 4.69) is 19.6 Å². The number of rotatable bonds is 4. The van der Waals surface area contributed by atoms with Gasteiger partial charge >= 0.3 is 11.9 Å². The highest BCUT2D eigenvalue weighted by atomic mass is 16.6. The zero-order valence-electron chi connectivity index (χ0n) is 15.0. The summed E-state index contributed by atoms with van der Waals surface area (Å²) in [5.41, 5.74) is 2.88. The molecule has 3 atom stereocenters. The Bertz CT molecular complexity index is 570. The summed E-state index contributed by atoms with van der Waals surface area (Å²) in [7, 11) is 0. The standard InChI is InChI=1S/C20H28O4/c1-5-14(3)19(21)23-12-16-8-6-7-13(2)9-10-17-15(4)20(22)24-18(17)11-16/h7,11,14,17-18H,4-6,8-10,12H2,1-3H3/b13-7-,16-11+/t14-,17+,18-/m1/s1. The fourth-order valence-electron chi connectivity index (χ4n) is 3.02. The van der Waals surface area contributed by atoms with Crippen LogP contribution in [0.3, 0.4) is 0 Å². The molecule has 0 radical (unpaired) electrons. The molecule has 0 aromatic carbocycles. The highest BCUT2D eigenvalue weighted by molar-refractivity contribution is 5.91. The van der Waals surface area contributed by atoms with E-state index < -0.39 is 0 Å². The molecule has 1 saturated heterocycles. The number of allylic oxidation sites excluding steroid dienone is 2. The largest absolute Gasteiger partial charge is 0.461 e. The van der Waals surface area contributed by atoms with Gasteiger partial charge in [-0.2, -0.15) is 0 Å². The molecule has 0 saturated carbocycles. The number of esters is 2.